The Morgan fingerprint density at radius 1 is 1.14 bits per heavy atom. The van der Waals surface area contributed by atoms with Crippen molar-refractivity contribution in [1.82, 2.24) is 5.32 Å². The number of nitrogens with one attached hydrogen (secondary N) is 2. The number of ether oxygens (including phenoxy) is 2. The maximum absolute atomic E-state index is 11.8. The summed E-state index contributed by atoms with van der Waals surface area (Å²) in [7, 11) is 0. The summed E-state index contributed by atoms with van der Waals surface area (Å²) in [5, 5.41) is 6.82. The van der Waals surface area contributed by atoms with E-state index in [0.717, 1.165) is 30.8 Å². The third-order valence-electron chi connectivity index (χ3n) is 3.83. The molecular formula is C22H28N2O3S. The molecule has 0 saturated carbocycles. The second-order valence-electron chi connectivity index (χ2n) is 6.60. The number of esters is 1. The molecule has 0 unspecified atom stereocenters. The number of aryl methyl sites for hydroxylation is 1. The second kappa shape index (κ2) is 11.3. The highest BCUT2D eigenvalue weighted by atomic mass is 32.1. The fourth-order valence-corrected chi connectivity index (χ4v) is 2.87. The van der Waals surface area contributed by atoms with Crippen molar-refractivity contribution < 1.29 is 14.3 Å². The molecule has 0 bridgehead atoms. The molecule has 2 aromatic carbocycles. The molecule has 0 spiro atoms. The molecule has 0 radical (unpaired) electrons. The highest BCUT2D eigenvalue weighted by Gasteiger charge is 2.07. The van der Waals surface area contributed by atoms with Crippen molar-refractivity contribution in [3.63, 3.8) is 0 Å². The van der Waals surface area contributed by atoms with Crippen LogP contribution in [0, 0.1) is 0 Å². The average molecular weight is 401 g/mol. The summed E-state index contributed by atoms with van der Waals surface area (Å²) in [5.41, 5.74) is 2.49. The highest BCUT2D eigenvalue weighted by Crippen LogP contribution is 2.16. The molecule has 150 valence electrons. The summed E-state index contributed by atoms with van der Waals surface area (Å²) in [6, 6.07) is 15.3. The molecule has 2 rings (SSSR count). The normalized spacial score (nSPS) is 10.4. The molecular weight excluding hydrogens is 372 g/mol. The SMILES string of the molecule is CCOC(=O)c1cccc(NC(=S)NCCCc2cccc(OC(C)C)c2)c1. The number of thiocarbonyl (C=S) groups is 1. The van der Waals surface area contributed by atoms with E-state index in [4.69, 9.17) is 21.7 Å². The average Bonchev–Trinajstić information content (AvgIpc) is 2.65. The van der Waals surface area contributed by atoms with Crippen LogP contribution in [0.15, 0.2) is 48.5 Å². The summed E-state index contributed by atoms with van der Waals surface area (Å²) < 4.78 is 10.7. The van der Waals surface area contributed by atoms with E-state index in [1.54, 1.807) is 25.1 Å². The lowest BCUT2D eigenvalue weighted by atomic mass is 10.1. The molecule has 28 heavy (non-hydrogen) atoms. The van der Waals surface area contributed by atoms with Gasteiger partial charge in [0.1, 0.15) is 5.75 Å². The molecule has 0 saturated heterocycles. The first-order chi connectivity index (χ1) is 13.5. The van der Waals surface area contributed by atoms with Crippen molar-refractivity contribution in [1.29, 1.82) is 0 Å². The Bertz CT molecular complexity index is 793. The minimum absolute atomic E-state index is 0.169. The number of carbonyl (C=O) groups is 1. The van der Waals surface area contributed by atoms with Gasteiger partial charge in [0.25, 0.3) is 0 Å². The minimum Gasteiger partial charge on any atom is -0.491 e. The third kappa shape index (κ3) is 7.56. The van der Waals surface area contributed by atoms with Gasteiger partial charge in [-0.2, -0.15) is 0 Å². The van der Waals surface area contributed by atoms with E-state index in [2.05, 4.69) is 22.8 Å². The number of carbonyl (C=O) groups excluding carboxylic acids is 1. The summed E-state index contributed by atoms with van der Waals surface area (Å²) in [6.07, 6.45) is 2.04. The predicted octanol–water partition coefficient (Wildman–Crippen LogP) is 4.57. The molecule has 0 aromatic heterocycles. The lowest BCUT2D eigenvalue weighted by Crippen LogP contribution is -2.29. The van der Waals surface area contributed by atoms with Crippen LogP contribution in [0.1, 0.15) is 43.1 Å². The van der Waals surface area contributed by atoms with Gasteiger partial charge in [0.2, 0.25) is 0 Å². The molecule has 6 heteroatoms. The second-order valence-corrected chi connectivity index (χ2v) is 7.01. The van der Waals surface area contributed by atoms with Crippen LogP contribution < -0.4 is 15.4 Å². The van der Waals surface area contributed by atoms with Crippen molar-refractivity contribution in [2.24, 2.45) is 0 Å². The first-order valence-electron chi connectivity index (χ1n) is 9.55. The summed E-state index contributed by atoms with van der Waals surface area (Å²) in [4.78, 5) is 11.8. The Morgan fingerprint density at radius 2 is 1.93 bits per heavy atom. The zero-order chi connectivity index (χ0) is 20.4. The van der Waals surface area contributed by atoms with Crippen molar-refractivity contribution in [2.45, 2.75) is 39.7 Å². The van der Waals surface area contributed by atoms with Crippen LogP contribution in [0.4, 0.5) is 5.69 Å². The molecule has 0 heterocycles. The van der Waals surface area contributed by atoms with Crippen LogP contribution in [-0.4, -0.2) is 30.3 Å². The Labute approximate surface area is 172 Å². The largest absolute Gasteiger partial charge is 0.491 e. The van der Waals surface area contributed by atoms with Gasteiger partial charge in [0, 0.05) is 12.2 Å². The summed E-state index contributed by atoms with van der Waals surface area (Å²) >= 11 is 5.34. The fourth-order valence-electron chi connectivity index (χ4n) is 2.65. The van der Waals surface area contributed by atoms with Crippen LogP contribution in [0.3, 0.4) is 0 Å². The quantitative estimate of drug-likeness (QED) is 0.365. The van der Waals surface area contributed by atoms with Gasteiger partial charge in [-0.1, -0.05) is 18.2 Å². The van der Waals surface area contributed by atoms with E-state index >= 15 is 0 Å². The Hall–Kier alpha value is -2.60. The number of rotatable bonds is 9. The molecule has 0 aliphatic carbocycles. The molecule has 0 fully saturated rings. The lowest BCUT2D eigenvalue weighted by Gasteiger charge is -2.12. The maximum atomic E-state index is 11.8. The number of hydrogen-bond acceptors (Lipinski definition) is 4. The maximum Gasteiger partial charge on any atom is 0.338 e. The zero-order valence-corrected chi connectivity index (χ0v) is 17.5. The van der Waals surface area contributed by atoms with Crippen molar-refractivity contribution >= 4 is 29.0 Å². The van der Waals surface area contributed by atoms with E-state index in [0.29, 0.717) is 17.3 Å². The fraction of sp³-hybridized carbons (Fsp3) is 0.364. The van der Waals surface area contributed by atoms with Gasteiger partial charge in [0.15, 0.2) is 5.11 Å². The molecule has 5 nitrogen and oxygen atoms in total. The Morgan fingerprint density at radius 3 is 2.68 bits per heavy atom. The highest BCUT2D eigenvalue weighted by molar-refractivity contribution is 7.80. The van der Waals surface area contributed by atoms with Crippen LogP contribution in [-0.2, 0) is 11.2 Å². The minimum atomic E-state index is -0.339. The van der Waals surface area contributed by atoms with Gasteiger partial charge in [0.05, 0.1) is 18.3 Å². The Kier molecular flexibility index (Phi) is 8.75. The molecule has 0 aliphatic heterocycles. The molecule has 0 aliphatic rings. The molecule has 2 N–H and O–H groups in total. The van der Waals surface area contributed by atoms with E-state index in [1.165, 1.54) is 5.56 Å². The topological polar surface area (TPSA) is 59.6 Å². The molecule has 2 aromatic rings. The lowest BCUT2D eigenvalue weighted by molar-refractivity contribution is 0.0526. The van der Waals surface area contributed by atoms with Crippen LogP contribution in [0.25, 0.3) is 0 Å². The van der Waals surface area contributed by atoms with Gasteiger partial charge in [-0.05, 0) is 81.7 Å². The van der Waals surface area contributed by atoms with Gasteiger partial charge in [-0.15, -0.1) is 0 Å². The van der Waals surface area contributed by atoms with Crippen molar-refractivity contribution in [3.8, 4) is 5.75 Å². The monoisotopic (exact) mass is 400 g/mol. The first-order valence-corrected chi connectivity index (χ1v) is 9.96. The first kappa shape index (κ1) is 21.7. The van der Waals surface area contributed by atoms with Crippen molar-refractivity contribution in [3.05, 3.63) is 59.7 Å². The zero-order valence-electron chi connectivity index (χ0n) is 16.7. The van der Waals surface area contributed by atoms with Gasteiger partial charge < -0.3 is 20.1 Å². The Balaban J connectivity index is 1.76. The number of hydrogen-bond donors (Lipinski definition) is 2. The van der Waals surface area contributed by atoms with Crippen LogP contribution in [0.2, 0.25) is 0 Å². The van der Waals surface area contributed by atoms with E-state index in [-0.39, 0.29) is 12.1 Å². The van der Waals surface area contributed by atoms with E-state index in [9.17, 15) is 4.79 Å². The van der Waals surface area contributed by atoms with Crippen molar-refractivity contribution in [2.75, 3.05) is 18.5 Å². The standard InChI is InChI=1S/C22H28N2O3S/c1-4-26-21(25)18-10-6-11-19(15-18)24-22(28)23-13-7-9-17-8-5-12-20(14-17)27-16(2)3/h5-6,8,10-12,14-16H,4,7,9,13H2,1-3H3,(H2,23,24,28). The van der Waals surface area contributed by atoms with Gasteiger partial charge >= 0.3 is 5.97 Å². The molecule has 0 amide bonds. The van der Waals surface area contributed by atoms with Gasteiger partial charge in [-0.3, -0.25) is 0 Å². The smallest absolute Gasteiger partial charge is 0.338 e. The van der Waals surface area contributed by atoms with Crippen LogP contribution in [0.5, 0.6) is 5.75 Å². The van der Waals surface area contributed by atoms with E-state index in [1.807, 2.05) is 32.0 Å². The van der Waals surface area contributed by atoms with E-state index < -0.39 is 0 Å². The van der Waals surface area contributed by atoms with Crippen LogP contribution >= 0.6 is 12.2 Å². The summed E-state index contributed by atoms with van der Waals surface area (Å²) in [5.74, 6) is 0.563. The third-order valence-corrected chi connectivity index (χ3v) is 4.08. The summed E-state index contributed by atoms with van der Waals surface area (Å²) in [6.45, 7) is 6.92. The molecule has 0 atom stereocenters. The number of anilines is 1. The number of benzene rings is 2. The predicted molar refractivity (Wildman–Crippen MR) is 117 cm³/mol. The van der Waals surface area contributed by atoms with Gasteiger partial charge in [-0.25, -0.2) is 4.79 Å².